The van der Waals surface area contributed by atoms with Gasteiger partial charge in [0.25, 0.3) is 5.91 Å². The normalized spacial score (nSPS) is 11.5. The van der Waals surface area contributed by atoms with E-state index >= 15 is 0 Å². The molecule has 0 rings (SSSR count). The number of nitrogens with zero attached hydrogens (tertiary/aromatic N) is 1. The number of nitrogens with two attached hydrogens (primary N) is 2. The van der Waals surface area contributed by atoms with Gasteiger partial charge in [0.1, 0.15) is 0 Å². The summed E-state index contributed by atoms with van der Waals surface area (Å²) in [6.07, 6.45) is 10.9. The summed E-state index contributed by atoms with van der Waals surface area (Å²) in [4.78, 5) is 74.8. The highest BCUT2D eigenvalue weighted by atomic mass is 16.6. The van der Waals surface area contributed by atoms with Crippen LogP contribution in [0.4, 0.5) is 0 Å². The lowest BCUT2D eigenvalue weighted by Gasteiger charge is -2.09. The average Bonchev–Trinajstić information content (AvgIpc) is 3.37. The molecule has 0 aromatic heterocycles. The fraction of sp³-hybridized carbons (Fsp3) is 0.725. The molecule has 0 spiro atoms. The lowest BCUT2D eigenvalue weighted by Crippen LogP contribution is -2.30. The van der Waals surface area contributed by atoms with Crippen molar-refractivity contribution in [2.75, 3.05) is 138 Å². The van der Waals surface area contributed by atoms with Crippen LogP contribution in [0.5, 0.6) is 0 Å². The molecule has 0 aliphatic carbocycles. The van der Waals surface area contributed by atoms with Crippen molar-refractivity contribution >= 4 is 41.2 Å². The summed E-state index contributed by atoms with van der Waals surface area (Å²) in [6.45, 7) is 24.6. The number of hydrogen-bond donors (Lipinski definition) is 6. The van der Waals surface area contributed by atoms with E-state index in [1.807, 2.05) is 6.92 Å². The predicted molar refractivity (Wildman–Crippen MR) is 280 cm³/mol. The highest BCUT2D eigenvalue weighted by Gasteiger charge is 2.10. The molecule has 73 heavy (non-hydrogen) atoms. The van der Waals surface area contributed by atoms with Gasteiger partial charge in [0.2, 0.25) is 29.5 Å². The van der Waals surface area contributed by atoms with E-state index in [-0.39, 0.29) is 73.1 Å². The van der Waals surface area contributed by atoms with Crippen molar-refractivity contribution in [3.63, 3.8) is 0 Å². The van der Waals surface area contributed by atoms with E-state index in [9.17, 15) is 28.8 Å². The first-order valence-electron chi connectivity index (χ1n) is 25.2. The number of hydrogen-bond acceptors (Lipinski definition) is 16. The van der Waals surface area contributed by atoms with Gasteiger partial charge in [-0.05, 0) is 52.0 Å². The van der Waals surface area contributed by atoms with E-state index in [1.165, 1.54) is 0 Å². The summed E-state index contributed by atoms with van der Waals surface area (Å²) >= 11 is 0. The van der Waals surface area contributed by atoms with Crippen molar-refractivity contribution < 1.29 is 71.5 Å². The van der Waals surface area contributed by atoms with Crippen LogP contribution in [0, 0.1) is 11.8 Å². The minimum absolute atomic E-state index is 0.0767. The van der Waals surface area contributed by atoms with Crippen LogP contribution in [0.15, 0.2) is 48.9 Å². The average molecular weight is 1040 g/mol. The first kappa shape index (κ1) is 72.2. The number of primary amides is 2. The third-order valence-electron chi connectivity index (χ3n) is 9.56. The van der Waals surface area contributed by atoms with Crippen molar-refractivity contribution in [3.05, 3.63) is 43.7 Å². The zero-order valence-corrected chi connectivity index (χ0v) is 44.7. The maximum absolute atomic E-state index is 12.1. The molecule has 0 aromatic rings. The van der Waals surface area contributed by atoms with Gasteiger partial charge in [0, 0.05) is 57.3 Å². The van der Waals surface area contributed by atoms with Crippen molar-refractivity contribution in [1.29, 1.82) is 0 Å². The smallest absolute Gasteiger partial charge is 0.260 e. The molecule has 6 amide bonds. The Bertz CT molecular complexity index is 1490. The minimum atomic E-state index is -0.349. The van der Waals surface area contributed by atoms with Gasteiger partial charge in [0.05, 0.1) is 111 Å². The molecule has 1 unspecified atom stereocenters. The molecule has 0 radical (unpaired) electrons. The number of allylic oxidation sites excluding steroid dienone is 3. The summed E-state index contributed by atoms with van der Waals surface area (Å²) in [7, 11) is 0. The number of ether oxygens (including phenoxy) is 8. The summed E-state index contributed by atoms with van der Waals surface area (Å²) in [5.74, 6) is -1.56. The van der Waals surface area contributed by atoms with Gasteiger partial charge in [0.15, 0.2) is 6.61 Å². The molecule has 0 fully saturated rings. The van der Waals surface area contributed by atoms with Gasteiger partial charge in [-0.1, -0.05) is 63.7 Å². The Morgan fingerprint density at radius 1 is 0.493 bits per heavy atom. The Morgan fingerprint density at radius 2 is 0.808 bits per heavy atom. The molecule has 0 saturated heterocycles. The maximum Gasteiger partial charge on any atom is 0.260 e. The van der Waals surface area contributed by atoms with Gasteiger partial charge < -0.3 is 75.5 Å². The van der Waals surface area contributed by atoms with E-state index in [2.05, 4.69) is 51.9 Å². The third-order valence-corrected chi connectivity index (χ3v) is 9.56. The summed E-state index contributed by atoms with van der Waals surface area (Å²) < 4.78 is 43.5. The molecular weight excluding hydrogens is 951 g/mol. The van der Waals surface area contributed by atoms with Crippen LogP contribution in [0.1, 0.15) is 91.9 Å². The Labute approximate surface area is 435 Å². The van der Waals surface area contributed by atoms with E-state index in [0.29, 0.717) is 144 Å². The number of nitrogens with one attached hydrogen (secondary N) is 4. The predicted octanol–water partition coefficient (Wildman–Crippen LogP) is 2.83. The monoisotopic (exact) mass is 1040 g/mol. The number of carbonyl (C=O) groups excluding carboxylic acids is 6. The lowest BCUT2D eigenvalue weighted by molar-refractivity contribution is -0.126. The van der Waals surface area contributed by atoms with E-state index in [4.69, 9.17) is 54.2 Å². The molecule has 0 aromatic carbocycles. The summed E-state index contributed by atoms with van der Waals surface area (Å²) in [5.41, 5.74) is 13.6. The summed E-state index contributed by atoms with van der Waals surface area (Å²) in [5, 5.41) is 15.0. The Hall–Kier alpha value is -5.03. The highest BCUT2D eigenvalue weighted by Crippen LogP contribution is 2.07. The molecule has 2 atom stereocenters. The van der Waals surface area contributed by atoms with Gasteiger partial charge in [-0.3, -0.25) is 28.8 Å². The fourth-order valence-corrected chi connectivity index (χ4v) is 5.13. The van der Waals surface area contributed by atoms with Crippen LogP contribution in [0.3, 0.4) is 0 Å². The molecule has 0 aliphatic heterocycles. The van der Waals surface area contributed by atoms with Crippen molar-refractivity contribution in [3.8, 4) is 0 Å². The number of unbranched alkanes of at least 4 members (excludes halogenated alkanes) is 2. The molecule has 0 heterocycles. The number of amides is 6. The molecule has 8 N–H and O–H groups in total. The van der Waals surface area contributed by atoms with Crippen LogP contribution >= 0.6 is 0 Å². The molecule has 0 saturated carbocycles. The second kappa shape index (κ2) is 57.9. The zero-order chi connectivity index (χ0) is 54.8. The van der Waals surface area contributed by atoms with E-state index < -0.39 is 0 Å². The molecule has 22 heteroatoms. The van der Waals surface area contributed by atoms with Crippen molar-refractivity contribution in [2.45, 2.75) is 91.9 Å². The quantitative estimate of drug-likeness (QED) is 0.0168. The first-order chi connectivity index (χ1) is 35.2. The minimum Gasteiger partial charge on any atom is -0.386 e. The number of rotatable bonds is 49. The Kier molecular flexibility index (Phi) is 57.2. The van der Waals surface area contributed by atoms with E-state index in [1.54, 1.807) is 39.0 Å². The van der Waals surface area contributed by atoms with E-state index in [0.717, 1.165) is 38.5 Å². The first-order valence-corrected chi connectivity index (χ1v) is 25.2. The zero-order valence-electron chi connectivity index (χ0n) is 44.7. The standard InChI is InChI=1S/C43H81N7O15.2C4H6/c1-35(42(44)55)8-4-6-14-46-39(52)12-18-57-22-26-61-30-32-63-28-24-59-20-16-48-38(51)11-10-37(3)50-65-34-41(54)49-17-21-60-25-29-64-33-31-62-27-23-58-19-13-40(53)47-15-7-5-9-36(2)43(45)56;2*1-3-4-2/h35-36H,4-34H2,1-3H3,(H2,44,55)(H2,45,56)(H,46,52)(H,47,53)(H,48,51)(H,49,54);4H,1H2,2H3;3-4H,1-2H2/b50-37-;;/t35?,36-;;/m0../s1. The molecule has 0 aliphatic rings. The Morgan fingerprint density at radius 3 is 1.15 bits per heavy atom. The highest BCUT2D eigenvalue weighted by molar-refractivity contribution is 5.86. The largest absolute Gasteiger partial charge is 0.386 e. The molecule has 422 valence electrons. The molecule has 22 nitrogen and oxygen atoms in total. The van der Waals surface area contributed by atoms with Gasteiger partial charge in [-0.2, -0.15) is 0 Å². The van der Waals surface area contributed by atoms with Crippen LogP contribution in [-0.2, 0) is 71.5 Å². The SMILES string of the molecule is C/C(CCC(=O)NCCOCCOCCOCCOCCC(=O)NCCCCC(C)C(N)=O)=N/OCC(=O)NCCOCCOCCOCCOCCC(=O)NCCCC[C@H](C)C(N)=O.C=C=CC.C=CC=C. The molecule has 0 bridgehead atoms. The van der Waals surface area contributed by atoms with Crippen LogP contribution < -0.4 is 32.7 Å². The van der Waals surface area contributed by atoms with Gasteiger partial charge in [-0.15, -0.1) is 5.73 Å². The molecular formula is C51H93N7O15. The topological polar surface area (TPSA) is 298 Å². The Balaban J connectivity index is -0.00000566. The number of carbonyl (C=O) groups is 6. The van der Waals surface area contributed by atoms with Gasteiger partial charge >= 0.3 is 0 Å². The third kappa shape index (κ3) is 61.2. The lowest BCUT2D eigenvalue weighted by atomic mass is 10.0. The van der Waals surface area contributed by atoms with Crippen LogP contribution in [0.25, 0.3) is 0 Å². The van der Waals surface area contributed by atoms with Crippen LogP contribution in [-0.4, -0.2) is 180 Å². The van der Waals surface area contributed by atoms with Crippen molar-refractivity contribution in [1.82, 2.24) is 21.3 Å². The summed E-state index contributed by atoms with van der Waals surface area (Å²) in [6, 6.07) is 0. The fourth-order valence-electron chi connectivity index (χ4n) is 5.13. The second-order valence-electron chi connectivity index (χ2n) is 16.0. The number of oxime groups is 1. The second-order valence-corrected chi connectivity index (χ2v) is 16.0. The maximum atomic E-state index is 12.1. The van der Waals surface area contributed by atoms with Crippen molar-refractivity contribution in [2.24, 2.45) is 28.5 Å². The van der Waals surface area contributed by atoms with Crippen LogP contribution in [0.2, 0.25) is 0 Å². The van der Waals surface area contributed by atoms with Gasteiger partial charge in [-0.25, -0.2) is 0 Å².